The molecule has 0 bridgehead atoms. The first-order valence-electron chi connectivity index (χ1n) is 7.98. The lowest BCUT2D eigenvalue weighted by Crippen LogP contribution is -2.40. The Hall–Kier alpha value is -0.950. The van der Waals surface area contributed by atoms with E-state index in [9.17, 15) is 19.0 Å². The third kappa shape index (κ3) is 5.57. The minimum absolute atomic E-state index is 0.0815. The molecule has 2 saturated heterocycles. The van der Waals surface area contributed by atoms with Gasteiger partial charge < -0.3 is 15.1 Å². The fraction of sp³-hybridized carbons (Fsp3) is 0.857. The first-order valence-corrected chi connectivity index (χ1v) is 10.0. The zero-order chi connectivity index (χ0) is 17.0. The summed E-state index contributed by atoms with van der Waals surface area (Å²) in [5.74, 6) is -2.28. The summed E-state index contributed by atoms with van der Waals surface area (Å²) in [5.41, 5.74) is 0. The van der Waals surface area contributed by atoms with Gasteiger partial charge in [0.2, 0.25) is 7.37 Å². The summed E-state index contributed by atoms with van der Waals surface area (Å²) in [7, 11) is -3.36. The number of hydrogen-bond donors (Lipinski definition) is 3. The molecule has 0 unspecified atom stereocenters. The summed E-state index contributed by atoms with van der Waals surface area (Å²) >= 11 is 0. The van der Waals surface area contributed by atoms with Crippen LogP contribution in [0.3, 0.4) is 0 Å². The second-order valence-electron chi connectivity index (χ2n) is 6.59. The highest BCUT2D eigenvalue weighted by Gasteiger charge is 2.32. The number of likely N-dealkylation sites (tertiary alicyclic amines) is 2. The van der Waals surface area contributed by atoms with Gasteiger partial charge in [-0.25, -0.2) is 0 Å². The first kappa shape index (κ1) is 18.4. The predicted molar refractivity (Wildman–Crippen MR) is 83.4 cm³/mol. The summed E-state index contributed by atoms with van der Waals surface area (Å²) < 4.78 is 12.4. The maximum Gasteiger partial charge on any atom is 0.306 e. The number of hydrogen-bond acceptors (Lipinski definition) is 5. The van der Waals surface area contributed by atoms with Gasteiger partial charge >= 0.3 is 11.9 Å². The smallest absolute Gasteiger partial charge is 0.306 e. The van der Waals surface area contributed by atoms with Crippen molar-refractivity contribution in [3.63, 3.8) is 0 Å². The lowest BCUT2D eigenvalue weighted by Gasteiger charge is -2.34. The van der Waals surface area contributed by atoms with Crippen LogP contribution in [0.4, 0.5) is 0 Å². The van der Waals surface area contributed by atoms with Crippen molar-refractivity contribution in [3.8, 4) is 0 Å². The molecule has 2 heterocycles. The van der Waals surface area contributed by atoms with Crippen LogP contribution in [0.5, 0.6) is 0 Å². The second kappa shape index (κ2) is 7.75. The van der Waals surface area contributed by atoms with Crippen molar-refractivity contribution in [3.05, 3.63) is 0 Å². The Bertz CT molecular complexity index is 444. The number of carbonyl (C=O) groups is 2. The standard InChI is InChI=1S/C14H25N2O6P/c17-13(18)11-1-5-15(6-2-11)9-23(21,22)10-16-7-3-12(4-8-16)14(19)20/h11-12H,1-10H2,(H,17,18)(H,19,20)(H,21,22). The Morgan fingerprint density at radius 2 is 1.13 bits per heavy atom. The van der Waals surface area contributed by atoms with Gasteiger partial charge in [-0.3, -0.25) is 24.0 Å². The summed E-state index contributed by atoms with van der Waals surface area (Å²) in [6.07, 6.45) is 2.22. The molecule has 2 aliphatic rings. The fourth-order valence-corrected chi connectivity index (χ4v) is 5.22. The molecule has 3 N–H and O–H groups in total. The molecule has 8 nitrogen and oxygen atoms in total. The van der Waals surface area contributed by atoms with Crippen LogP contribution in [0.2, 0.25) is 0 Å². The molecule has 0 atom stereocenters. The summed E-state index contributed by atoms with van der Waals surface area (Å²) in [6.45, 7) is 2.12. The van der Waals surface area contributed by atoms with Crippen molar-refractivity contribution < 1.29 is 29.3 Å². The van der Waals surface area contributed by atoms with Gasteiger partial charge in [0.15, 0.2) is 0 Å². The van der Waals surface area contributed by atoms with Crippen LogP contribution in [-0.2, 0) is 14.2 Å². The van der Waals surface area contributed by atoms with Gasteiger partial charge in [-0.15, -0.1) is 0 Å². The van der Waals surface area contributed by atoms with Crippen LogP contribution in [0.25, 0.3) is 0 Å². The van der Waals surface area contributed by atoms with Crippen LogP contribution >= 0.6 is 7.37 Å². The SMILES string of the molecule is O=C(O)C1CCN(CP(=O)(O)CN2CCC(C(=O)O)CC2)CC1. The van der Waals surface area contributed by atoms with E-state index in [1.807, 2.05) is 9.80 Å². The Labute approximate surface area is 135 Å². The molecule has 2 fully saturated rings. The second-order valence-corrected chi connectivity index (χ2v) is 8.85. The van der Waals surface area contributed by atoms with E-state index in [1.165, 1.54) is 0 Å². The van der Waals surface area contributed by atoms with Gasteiger partial charge in [0.25, 0.3) is 0 Å². The molecular formula is C14H25N2O6P. The molecule has 0 radical (unpaired) electrons. The number of carboxylic acids is 2. The Balaban J connectivity index is 1.76. The normalized spacial score (nSPS) is 23.0. The van der Waals surface area contributed by atoms with Crippen molar-refractivity contribution in [2.75, 3.05) is 38.8 Å². The molecule has 0 saturated carbocycles. The lowest BCUT2D eigenvalue weighted by molar-refractivity contribution is -0.144. The van der Waals surface area contributed by atoms with Gasteiger partial charge in [-0.2, -0.15) is 0 Å². The monoisotopic (exact) mass is 348 g/mol. The predicted octanol–water partition coefficient (Wildman–Crippen LogP) is 0.765. The van der Waals surface area contributed by atoms with E-state index in [4.69, 9.17) is 10.2 Å². The van der Waals surface area contributed by atoms with Crippen LogP contribution in [0.15, 0.2) is 0 Å². The molecule has 0 aromatic heterocycles. The summed E-state index contributed by atoms with van der Waals surface area (Å²) in [5, 5.41) is 17.9. The van der Waals surface area contributed by atoms with Crippen LogP contribution in [0, 0.1) is 11.8 Å². The van der Waals surface area contributed by atoms with E-state index in [0.29, 0.717) is 51.9 Å². The van der Waals surface area contributed by atoms with Gasteiger partial charge in [0.1, 0.15) is 0 Å². The van der Waals surface area contributed by atoms with Crippen molar-refractivity contribution in [1.82, 2.24) is 9.80 Å². The molecule has 2 aliphatic heterocycles. The minimum Gasteiger partial charge on any atom is -0.481 e. The Kier molecular flexibility index (Phi) is 6.19. The molecule has 0 aromatic carbocycles. The summed E-state index contributed by atoms with van der Waals surface area (Å²) in [4.78, 5) is 35.8. The Morgan fingerprint density at radius 1 is 0.826 bits per heavy atom. The molecule has 9 heteroatoms. The van der Waals surface area contributed by atoms with Gasteiger partial charge in [0.05, 0.1) is 24.4 Å². The van der Waals surface area contributed by atoms with E-state index in [0.717, 1.165) is 0 Å². The molecule has 23 heavy (non-hydrogen) atoms. The third-order valence-electron chi connectivity index (χ3n) is 4.72. The topological polar surface area (TPSA) is 118 Å². The largest absolute Gasteiger partial charge is 0.481 e. The van der Waals surface area contributed by atoms with Gasteiger partial charge in [-0.05, 0) is 51.9 Å². The van der Waals surface area contributed by atoms with Crippen LogP contribution < -0.4 is 0 Å². The molecule has 0 spiro atoms. The zero-order valence-electron chi connectivity index (χ0n) is 13.1. The van der Waals surface area contributed by atoms with Gasteiger partial charge in [0, 0.05) is 0 Å². The molecular weight excluding hydrogens is 323 g/mol. The molecule has 0 aliphatic carbocycles. The van der Waals surface area contributed by atoms with Crippen molar-refractivity contribution in [1.29, 1.82) is 0 Å². The number of aliphatic carboxylic acids is 2. The highest BCUT2D eigenvalue weighted by molar-refractivity contribution is 7.57. The number of carboxylic acid groups (broad SMARTS) is 2. The Morgan fingerprint density at radius 3 is 1.39 bits per heavy atom. The fourth-order valence-electron chi connectivity index (χ4n) is 3.31. The quantitative estimate of drug-likeness (QED) is 0.602. The summed E-state index contributed by atoms with van der Waals surface area (Å²) in [6, 6.07) is 0. The first-order chi connectivity index (χ1) is 10.8. The average Bonchev–Trinajstić information content (AvgIpc) is 2.47. The maximum absolute atomic E-state index is 12.4. The molecule has 132 valence electrons. The lowest BCUT2D eigenvalue weighted by atomic mass is 9.98. The highest BCUT2D eigenvalue weighted by Crippen LogP contribution is 2.43. The zero-order valence-corrected chi connectivity index (χ0v) is 14.0. The van der Waals surface area contributed by atoms with Crippen LogP contribution in [-0.4, -0.2) is 75.6 Å². The maximum atomic E-state index is 12.4. The number of nitrogens with zero attached hydrogens (tertiary/aromatic N) is 2. The van der Waals surface area contributed by atoms with Crippen molar-refractivity contribution >= 4 is 19.3 Å². The third-order valence-corrected chi connectivity index (χ3v) is 6.40. The van der Waals surface area contributed by atoms with Crippen molar-refractivity contribution in [2.45, 2.75) is 25.7 Å². The van der Waals surface area contributed by atoms with Crippen molar-refractivity contribution in [2.24, 2.45) is 11.8 Å². The molecule has 2 rings (SSSR count). The van der Waals surface area contributed by atoms with Gasteiger partial charge in [-0.1, -0.05) is 0 Å². The molecule has 0 aromatic rings. The van der Waals surface area contributed by atoms with Crippen LogP contribution in [0.1, 0.15) is 25.7 Å². The number of rotatable bonds is 6. The average molecular weight is 348 g/mol. The molecule has 0 amide bonds. The highest BCUT2D eigenvalue weighted by atomic mass is 31.2. The van der Waals surface area contributed by atoms with E-state index < -0.39 is 19.3 Å². The number of piperidine rings is 2. The van der Waals surface area contributed by atoms with E-state index in [2.05, 4.69) is 0 Å². The van der Waals surface area contributed by atoms with E-state index >= 15 is 0 Å². The van der Waals surface area contributed by atoms with E-state index in [1.54, 1.807) is 0 Å². The minimum atomic E-state index is -3.36. The van der Waals surface area contributed by atoms with E-state index in [-0.39, 0.29) is 24.4 Å².